The second-order valence-electron chi connectivity index (χ2n) is 10.5. The zero-order chi connectivity index (χ0) is 26.9. The van der Waals surface area contributed by atoms with E-state index in [4.69, 9.17) is 0 Å². The predicted molar refractivity (Wildman–Crippen MR) is 148 cm³/mol. The van der Waals surface area contributed by atoms with E-state index in [0.29, 0.717) is 16.7 Å². The summed E-state index contributed by atoms with van der Waals surface area (Å²) in [7, 11) is 0. The van der Waals surface area contributed by atoms with Crippen LogP contribution in [0, 0.1) is 18.2 Å². The minimum absolute atomic E-state index is 0.260. The van der Waals surface area contributed by atoms with Gasteiger partial charge in [0.05, 0.1) is 6.04 Å². The minimum Gasteiger partial charge on any atom is -0.352 e. The van der Waals surface area contributed by atoms with E-state index in [1.165, 1.54) is 24.3 Å². The standard InChI is InChI=1S/C34H24FNO3/c1-20-10-12-22(13-11-20)29-30(31(37)23-14-17-24(35)18-15-23)36-27-9-5-2-6-21(27)16-19-28(36)34(29)32(38)25-7-3-4-8-26(25)33(34)39/h2-19,28-30H,1H3/t28?,29-,30+/m0/s1. The molecule has 190 valence electrons. The van der Waals surface area contributed by atoms with Gasteiger partial charge in [0.1, 0.15) is 17.3 Å². The van der Waals surface area contributed by atoms with E-state index in [0.717, 1.165) is 22.4 Å². The van der Waals surface area contributed by atoms with E-state index in [2.05, 4.69) is 0 Å². The van der Waals surface area contributed by atoms with Gasteiger partial charge in [-0.2, -0.15) is 0 Å². The molecule has 1 fully saturated rings. The summed E-state index contributed by atoms with van der Waals surface area (Å²) in [4.78, 5) is 45.6. The van der Waals surface area contributed by atoms with E-state index in [9.17, 15) is 18.8 Å². The number of nitrogens with zero attached hydrogens (tertiary/aromatic N) is 1. The van der Waals surface area contributed by atoms with Crippen LogP contribution in [0.2, 0.25) is 0 Å². The average molecular weight is 514 g/mol. The number of hydrogen-bond acceptors (Lipinski definition) is 4. The molecule has 7 rings (SSSR count). The molecule has 0 bridgehead atoms. The van der Waals surface area contributed by atoms with Crippen LogP contribution < -0.4 is 4.90 Å². The van der Waals surface area contributed by atoms with Gasteiger partial charge in [-0.05, 0) is 48.4 Å². The first-order valence-electron chi connectivity index (χ1n) is 13.0. The Morgan fingerprint density at radius 1 is 0.795 bits per heavy atom. The van der Waals surface area contributed by atoms with Crippen molar-refractivity contribution >= 4 is 29.1 Å². The third-order valence-electron chi connectivity index (χ3n) is 8.55. The van der Waals surface area contributed by atoms with Crippen LogP contribution in [0.25, 0.3) is 6.08 Å². The third kappa shape index (κ3) is 3.13. The molecular weight excluding hydrogens is 489 g/mol. The van der Waals surface area contributed by atoms with Crippen LogP contribution in [0.15, 0.2) is 103 Å². The molecule has 0 amide bonds. The molecule has 3 atom stereocenters. The molecule has 3 aliphatic rings. The number of fused-ring (bicyclic) bond motifs is 5. The number of carbonyl (C=O) groups excluding carboxylic acids is 3. The molecule has 0 radical (unpaired) electrons. The van der Waals surface area contributed by atoms with Crippen molar-refractivity contribution in [3.8, 4) is 0 Å². The number of aryl methyl sites for hydroxylation is 1. The van der Waals surface area contributed by atoms with Crippen LogP contribution in [0.5, 0.6) is 0 Å². The molecular formula is C34H24FNO3. The van der Waals surface area contributed by atoms with E-state index >= 15 is 0 Å². The third-order valence-corrected chi connectivity index (χ3v) is 8.55. The molecule has 39 heavy (non-hydrogen) atoms. The van der Waals surface area contributed by atoms with Crippen molar-refractivity contribution in [2.24, 2.45) is 5.41 Å². The summed E-state index contributed by atoms with van der Waals surface area (Å²) >= 11 is 0. The molecule has 4 aromatic rings. The molecule has 1 unspecified atom stereocenters. The number of Topliss-reactive ketones (excluding diaryl/α,β-unsaturated/α-hetero) is 3. The van der Waals surface area contributed by atoms with Crippen LogP contribution in [-0.4, -0.2) is 29.4 Å². The lowest BCUT2D eigenvalue weighted by Gasteiger charge is -2.37. The van der Waals surface area contributed by atoms with Crippen molar-refractivity contribution in [2.75, 3.05) is 4.90 Å². The Balaban J connectivity index is 1.54. The maximum absolute atomic E-state index is 14.6. The summed E-state index contributed by atoms with van der Waals surface area (Å²) in [5, 5.41) is 0. The highest BCUT2D eigenvalue weighted by atomic mass is 19.1. The Bertz CT molecular complexity index is 1670. The SMILES string of the molecule is Cc1ccc([C@H]2[C@H](C(=O)c3ccc(F)cc3)N3c4ccccc4C=CC3C23C(=O)c2ccccc2C3=O)cc1. The van der Waals surface area contributed by atoms with Crippen LogP contribution in [-0.2, 0) is 0 Å². The highest BCUT2D eigenvalue weighted by molar-refractivity contribution is 6.32. The van der Waals surface area contributed by atoms with Gasteiger partial charge in [-0.1, -0.05) is 84.4 Å². The second kappa shape index (κ2) is 8.43. The van der Waals surface area contributed by atoms with Gasteiger partial charge in [-0.3, -0.25) is 14.4 Å². The average Bonchev–Trinajstić information content (AvgIpc) is 3.40. The first-order valence-corrected chi connectivity index (χ1v) is 13.0. The molecule has 0 saturated carbocycles. The Morgan fingerprint density at radius 3 is 2.08 bits per heavy atom. The molecule has 0 N–H and O–H groups in total. The lowest BCUT2D eigenvalue weighted by atomic mass is 9.64. The summed E-state index contributed by atoms with van der Waals surface area (Å²) in [6.07, 6.45) is 3.85. The number of carbonyl (C=O) groups is 3. The van der Waals surface area contributed by atoms with Gasteiger partial charge in [0.25, 0.3) is 0 Å². The number of benzene rings is 4. The van der Waals surface area contributed by atoms with Gasteiger partial charge in [-0.15, -0.1) is 0 Å². The van der Waals surface area contributed by atoms with Gasteiger partial charge >= 0.3 is 0 Å². The van der Waals surface area contributed by atoms with Crippen molar-refractivity contribution in [3.63, 3.8) is 0 Å². The molecule has 1 aliphatic carbocycles. The number of para-hydroxylation sites is 1. The fourth-order valence-electron chi connectivity index (χ4n) is 6.85. The van der Waals surface area contributed by atoms with Crippen LogP contribution in [0.1, 0.15) is 53.7 Å². The number of ketones is 3. The zero-order valence-electron chi connectivity index (χ0n) is 21.2. The maximum atomic E-state index is 14.6. The molecule has 2 aliphatic heterocycles. The smallest absolute Gasteiger partial charge is 0.185 e. The summed E-state index contributed by atoms with van der Waals surface area (Å²) in [5.74, 6) is -2.00. The Hall–Kier alpha value is -4.64. The molecule has 1 spiro atoms. The van der Waals surface area contributed by atoms with Gasteiger partial charge < -0.3 is 4.90 Å². The van der Waals surface area contributed by atoms with Crippen LogP contribution in [0.3, 0.4) is 0 Å². The summed E-state index contributed by atoms with van der Waals surface area (Å²) < 4.78 is 13.8. The second-order valence-corrected chi connectivity index (χ2v) is 10.5. The van der Waals surface area contributed by atoms with Crippen molar-refractivity contribution in [3.05, 3.63) is 142 Å². The molecule has 1 saturated heterocycles. The Labute approximate surface area is 225 Å². The van der Waals surface area contributed by atoms with Crippen molar-refractivity contribution in [2.45, 2.75) is 24.9 Å². The van der Waals surface area contributed by atoms with Gasteiger partial charge in [0.2, 0.25) is 0 Å². The molecule has 4 nitrogen and oxygen atoms in total. The van der Waals surface area contributed by atoms with E-state index < -0.39 is 29.2 Å². The summed E-state index contributed by atoms with van der Waals surface area (Å²) in [6, 6.07) is 26.3. The molecule has 4 aromatic carbocycles. The van der Waals surface area contributed by atoms with Crippen LogP contribution in [0.4, 0.5) is 10.1 Å². The molecule has 2 heterocycles. The fraction of sp³-hybridized carbons (Fsp3) is 0.147. The lowest BCUT2D eigenvalue weighted by molar-refractivity contribution is 0.0666. The zero-order valence-corrected chi connectivity index (χ0v) is 21.2. The molecule has 0 aromatic heterocycles. The number of anilines is 1. The quantitative estimate of drug-likeness (QED) is 0.233. The normalized spacial score (nSPS) is 22.1. The molecule has 5 heteroatoms. The predicted octanol–water partition coefficient (Wildman–Crippen LogP) is 6.45. The summed E-state index contributed by atoms with van der Waals surface area (Å²) in [6.45, 7) is 1.97. The minimum atomic E-state index is -1.54. The van der Waals surface area contributed by atoms with Gasteiger partial charge in [0, 0.05) is 28.3 Å². The first-order chi connectivity index (χ1) is 18.9. The highest BCUT2D eigenvalue weighted by Crippen LogP contribution is 2.60. The summed E-state index contributed by atoms with van der Waals surface area (Å²) in [5.41, 5.74) is 3.04. The number of hydrogen-bond donors (Lipinski definition) is 0. The van der Waals surface area contributed by atoms with Crippen molar-refractivity contribution in [1.82, 2.24) is 0 Å². The lowest BCUT2D eigenvalue weighted by Crippen LogP contribution is -2.48. The van der Waals surface area contributed by atoms with Crippen molar-refractivity contribution < 1.29 is 18.8 Å². The van der Waals surface area contributed by atoms with Crippen molar-refractivity contribution in [1.29, 1.82) is 0 Å². The van der Waals surface area contributed by atoms with E-state index in [1.807, 2.05) is 72.5 Å². The first kappa shape index (κ1) is 23.5. The van der Waals surface area contributed by atoms with Gasteiger partial charge in [0.15, 0.2) is 17.3 Å². The van der Waals surface area contributed by atoms with E-state index in [1.54, 1.807) is 24.3 Å². The van der Waals surface area contributed by atoms with Crippen LogP contribution >= 0.6 is 0 Å². The van der Waals surface area contributed by atoms with E-state index in [-0.39, 0.29) is 17.3 Å². The van der Waals surface area contributed by atoms with Gasteiger partial charge in [-0.25, -0.2) is 4.39 Å². The maximum Gasteiger partial charge on any atom is 0.185 e. The number of halogens is 1. The Morgan fingerprint density at radius 2 is 1.41 bits per heavy atom. The Kier molecular flexibility index (Phi) is 5.08. The monoisotopic (exact) mass is 513 g/mol. The largest absolute Gasteiger partial charge is 0.352 e. The fourth-order valence-corrected chi connectivity index (χ4v) is 6.85. The highest BCUT2D eigenvalue weighted by Gasteiger charge is 2.71. The topological polar surface area (TPSA) is 54.5 Å². The number of rotatable bonds is 3.